The van der Waals surface area contributed by atoms with E-state index in [0.717, 1.165) is 11.1 Å². The van der Waals surface area contributed by atoms with Crippen molar-refractivity contribution in [2.45, 2.75) is 63.8 Å². The third-order valence-corrected chi connectivity index (χ3v) is 7.19. The fraction of sp³-hybridized carbons (Fsp3) is 0.423. The Kier molecular flexibility index (Phi) is 7.13. The maximum absolute atomic E-state index is 13.1. The molecule has 0 amide bonds. The van der Waals surface area contributed by atoms with E-state index >= 15 is 0 Å². The second-order valence-electron chi connectivity index (χ2n) is 9.38. The van der Waals surface area contributed by atoms with Gasteiger partial charge in [-0.1, -0.05) is 69.8 Å². The molecule has 6 heteroatoms. The standard InChI is InChI=1S/C26H32N2O3S/c1-16(2)18-11-12-22(20-10-8-7-9-19(18)20)28-14-13-27-25(28)32-26(5,6)23(29)15-21(17(3)4)24(30)31/h7-14,16-17,21H,15H2,1-6H3,(H,30,31). The van der Waals surface area contributed by atoms with E-state index in [2.05, 4.69) is 49.2 Å². The van der Waals surface area contributed by atoms with Crippen LogP contribution < -0.4 is 0 Å². The number of hydrogen-bond acceptors (Lipinski definition) is 4. The predicted octanol–water partition coefficient (Wildman–Crippen LogP) is 6.34. The van der Waals surface area contributed by atoms with Crippen molar-refractivity contribution in [1.82, 2.24) is 9.55 Å². The lowest BCUT2D eigenvalue weighted by Crippen LogP contribution is -2.33. The summed E-state index contributed by atoms with van der Waals surface area (Å²) in [6.07, 6.45) is 3.66. The van der Waals surface area contributed by atoms with Crippen LogP contribution in [-0.4, -0.2) is 31.2 Å². The highest BCUT2D eigenvalue weighted by Gasteiger charge is 2.35. The van der Waals surface area contributed by atoms with E-state index < -0.39 is 16.6 Å². The van der Waals surface area contributed by atoms with Crippen LogP contribution in [0.1, 0.15) is 59.4 Å². The highest BCUT2D eigenvalue weighted by atomic mass is 32.2. The molecule has 0 fully saturated rings. The van der Waals surface area contributed by atoms with Crippen molar-refractivity contribution >= 4 is 34.3 Å². The molecule has 1 N–H and O–H groups in total. The molecule has 0 saturated heterocycles. The van der Waals surface area contributed by atoms with E-state index in [1.54, 1.807) is 6.20 Å². The van der Waals surface area contributed by atoms with Crippen molar-refractivity contribution in [2.24, 2.45) is 11.8 Å². The van der Waals surface area contributed by atoms with Gasteiger partial charge < -0.3 is 5.11 Å². The number of aliphatic carboxylic acids is 1. The zero-order valence-corrected chi connectivity index (χ0v) is 20.4. The third kappa shape index (κ3) is 4.90. The molecule has 0 bridgehead atoms. The second-order valence-corrected chi connectivity index (χ2v) is 11.0. The van der Waals surface area contributed by atoms with Crippen LogP contribution in [0.4, 0.5) is 0 Å². The SMILES string of the molecule is CC(C)c1ccc(-n2ccnc2SC(C)(C)C(=O)CC(C(=O)O)C(C)C)c2ccccc12. The molecule has 32 heavy (non-hydrogen) atoms. The molecule has 0 saturated carbocycles. The number of carboxylic acid groups (broad SMARTS) is 1. The summed E-state index contributed by atoms with van der Waals surface area (Å²) in [5.41, 5.74) is 2.31. The van der Waals surface area contributed by atoms with E-state index in [0.29, 0.717) is 11.1 Å². The quantitative estimate of drug-likeness (QED) is 0.384. The van der Waals surface area contributed by atoms with Crippen LogP contribution in [0.15, 0.2) is 53.9 Å². The molecule has 1 unspecified atom stereocenters. The van der Waals surface area contributed by atoms with E-state index in [4.69, 9.17) is 0 Å². The van der Waals surface area contributed by atoms with E-state index in [9.17, 15) is 14.7 Å². The Morgan fingerprint density at radius 1 is 1.06 bits per heavy atom. The molecule has 0 radical (unpaired) electrons. The number of carboxylic acids is 1. The Morgan fingerprint density at radius 2 is 1.72 bits per heavy atom. The van der Waals surface area contributed by atoms with Gasteiger partial charge in [0.15, 0.2) is 5.16 Å². The van der Waals surface area contributed by atoms with Crippen molar-refractivity contribution in [3.8, 4) is 5.69 Å². The normalized spacial score (nSPS) is 13.1. The van der Waals surface area contributed by atoms with E-state index in [1.807, 2.05) is 44.5 Å². The number of Topliss-reactive ketones (excluding diaryl/α,β-unsaturated/α-hetero) is 1. The van der Waals surface area contributed by atoms with Crippen LogP contribution in [0, 0.1) is 11.8 Å². The van der Waals surface area contributed by atoms with E-state index in [-0.39, 0.29) is 18.1 Å². The Hall–Kier alpha value is -2.60. The van der Waals surface area contributed by atoms with Crippen LogP contribution >= 0.6 is 11.8 Å². The molecular formula is C26H32N2O3S. The molecule has 3 rings (SSSR count). The minimum atomic E-state index is -0.924. The summed E-state index contributed by atoms with van der Waals surface area (Å²) < 4.78 is 1.21. The number of benzene rings is 2. The zero-order chi connectivity index (χ0) is 23.6. The van der Waals surface area contributed by atoms with Crippen molar-refractivity contribution in [3.05, 3.63) is 54.4 Å². The van der Waals surface area contributed by atoms with Crippen LogP contribution in [0.25, 0.3) is 16.5 Å². The van der Waals surface area contributed by atoms with Gasteiger partial charge in [0.05, 0.1) is 16.4 Å². The number of rotatable bonds is 9. The van der Waals surface area contributed by atoms with Gasteiger partial charge in [0.25, 0.3) is 0 Å². The van der Waals surface area contributed by atoms with Gasteiger partial charge in [-0.25, -0.2) is 4.98 Å². The number of carbonyl (C=O) groups is 2. The molecular weight excluding hydrogens is 420 g/mol. The Labute approximate surface area is 194 Å². The monoisotopic (exact) mass is 452 g/mol. The van der Waals surface area contributed by atoms with Crippen molar-refractivity contribution in [1.29, 1.82) is 0 Å². The fourth-order valence-electron chi connectivity index (χ4n) is 3.91. The number of carbonyl (C=O) groups excluding carboxylic acids is 1. The first-order valence-electron chi connectivity index (χ1n) is 11.0. The van der Waals surface area contributed by atoms with Crippen molar-refractivity contribution in [2.75, 3.05) is 0 Å². The molecule has 0 aliphatic carbocycles. The largest absolute Gasteiger partial charge is 0.481 e. The summed E-state index contributed by atoms with van der Waals surface area (Å²) in [7, 11) is 0. The Morgan fingerprint density at radius 3 is 2.31 bits per heavy atom. The van der Waals surface area contributed by atoms with Gasteiger partial charge in [-0.2, -0.15) is 0 Å². The van der Waals surface area contributed by atoms with Gasteiger partial charge >= 0.3 is 5.97 Å². The maximum atomic E-state index is 13.1. The molecule has 1 atom stereocenters. The number of imidazole rings is 1. The molecule has 1 heterocycles. The molecule has 5 nitrogen and oxygen atoms in total. The minimum absolute atomic E-state index is 0.0136. The molecule has 2 aromatic carbocycles. The average molecular weight is 453 g/mol. The molecule has 1 aromatic heterocycles. The van der Waals surface area contributed by atoms with Gasteiger partial charge in [-0.05, 0) is 42.7 Å². The summed E-state index contributed by atoms with van der Waals surface area (Å²) in [6, 6.07) is 12.6. The number of fused-ring (bicyclic) bond motifs is 1. The van der Waals surface area contributed by atoms with Crippen LogP contribution in [-0.2, 0) is 9.59 Å². The van der Waals surface area contributed by atoms with Gasteiger partial charge in [0.1, 0.15) is 5.78 Å². The minimum Gasteiger partial charge on any atom is -0.481 e. The number of thioether (sulfide) groups is 1. The van der Waals surface area contributed by atoms with Gasteiger partial charge in [0.2, 0.25) is 0 Å². The lowest BCUT2D eigenvalue weighted by atomic mass is 9.88. The fourth-order valence-corrected chi connectivity index (χ4v) is 4.93. The van der Waals surface area contributed by atoms with Crippen LogP contribution in [0.3, 0.4) is 0 Å². The topological polar surface area (TPSA) is 72.2 Å². The number of nitrogens with zero attached hydrogens (tertiary/aromatic N) is 2. The van der Waals surface area contributed by atoms with Gasteiger partial charge in [0, 0.05) is 24.2 Å². The molecule has 0 aliphatic rings. The van der Waals surface area contributed by atoms with Crippen molar-refractivity contribution in [3.63, 3.8) is 0 Å². The summed E-state index contributed by atoms with van der Waals surface area (Å²) in [6.45, 7) is 11.7. The summed E-state index contributed by atoms with van der Waals surface area (Å²) >= 11 is 1.38. The summed E-state index contributed by atoms with van der Waals surface area (Å²) in [5.74, 6) is -1.39. The third-order valence-electron chi connectivity index (χ3n) is 5.97. The number of hydrogen-bond donors (Lipinski definition) is 1. The first kappa shape index (κ1) is 24.1. The first-order valence-corrected chi connectivity index (χ1v) is 11.8. The van der Waals surface area contributed by atoms with Crippen molar-refractivity contribution < 1.29 is 14.7 Å². The number of ketones is 1. The lowest BCUT2D eigenvalue weighted by Gasteiger charge is -2.25. The summed E-state index contributed by atoms with van der Waals surface area (Å²) in [4.78, 5) is 29.2. The van der Waals surface area contributed by atoms with Crippen LogP contribution in [0.5, 0.6) is 0 Å². The van der Waals surface area contributed by atoms with Gasteiger partial charge in [-0.3, -0.25) is 14.2 Å². The molecule has 3 aromatic rings. The highest BCUT2D eigenvalue weighted by molar-refractivity contribution is 8.01. The molecule has 170 valence electrons. The molecule has 0 aliphatic heterocycles. The highest BCUT2D eigenvalue weighted by Crippen LogP contribution is 2.37. The smallest absolute Gasteiger partial charge is 0.307 e. The number of aromatic nitrogens is 2. The zero-order valence-electron chi connectivity index (χ0n) is 19.6. The summed E-state index contributed by atoms with van der Waals surface area (Å²) in [5, 5.41) is 12.5. The Balaban J connectivity index is 1.95. The van der Waals surface area contributed by atoms with E-state index in [1.165, 1.54) is 22.7 Å². The molecule has 0 spiro atoms. The Bertz CT molecular complexity index is 1130. The first-order chi connectivity index (χ1) is 15.0. The maximum Gasteiger partial charge on any atom is 0.307 e. The van der Waals surface area contributed by atoms with Gasteiger partial charge in [-0.15, -0.1) is 0 Å². The second kappa shape index (κ2) is 9.49. The van der Waals surface area contributed by atoms with Crippen LogP contribution in [0.2, 0.25) is 0 Å². The predicted molar refractivity (Wildman–Crippen MR) is 131 cm³/mol. The lowest BCUT2D eigenvalue weighted by molar-refractivity contribution is -0.145. The average Bonchev–Trinajstić information content (AvgIpc) is 3.17.